The smallest absolute Gasteiger partial charge is 0.464 e. The van der Waals surface area contributed by atoms with Gasteiger partial charge in [0.15, 0.2) is 0 Å². The number of carbonyl (C=O) groups excluding carboxylic acids is 1. The van der Waals surface area contributed by atoms with Gasteiger partial charge in [-0.25, -0.2) is 13.2 Å². The maximum Gasteiger partial charge on any atom is 0.497 e. The number of hydrogen-bond acceptors (Lipinski definition) is 6. The number of hydrogen-bond donors (Lipinski definition) is 1. The van der Waals surface area contributed by atoms with Crippen molar-refractivity contribution in [2.75, 3.05) is 26.2 Å². The highest BCUT2D eigenvalue weighted by atomic mass is 32.2. The van der Waals surface area contributed by atoms with E-state index in [1.807, 2.05) is 0 Å². The van der Waals surface area contributed by atoms with Crippen molar-refractivity contribution in [3.63, 3.8) is 0 Å². The molecular formula is C22H22F3N2O5S+. The zero-order chi connectivity index (χ0) is 23.7. The summed E-state index contributed by atoms with van der Waals surface area (Å²) >= 11 is 0. The number of furan rings is 1. The Labute approximate surface area is 188 Å². The first-order valence-corrected chi connectivity index (χ1v) is 11.8. The molecule has 1 unspecified atom stereocenters. The molecule has 3 aromatic rings. The standard InChI is InChI=1S/C22H22F3N2O5S/c23-22(24,25)21(28)32-27(10-4-8-26-9-11-27)15-17-14-19(13-16-7-12-31-20(16)17)33(29,30)18-5-2-1-3-6-18/h1-3,5-7,12-14,26H,4,8-11,15H2/q+1. The Morgan fingerprint density at radius 2 is 1.82 bits per heavy atom. The van der Waals surface area contributed by atoms with Crippen molar-refractivity contribution < 1.29 is 40.3 Å². The van der Waals surface area contributed by atoms with Crippen molar-refractivity contribution in [1.29, 1.82) is 0 Å². The summed E-state index contributed by atoms with van der Waals surface area (Å²) in [5, 5.41) is 3.56. The molecule has 0 radical (unpaired) electrons. The highest BCUT2D eigenvalue weighted by Crippen LogP contribution is 2.32. The van der Waals surface area contributed by atoms with Gasteiger partial charge < -0.3 is 9.73 Å². The van der Waals surface area contributed by atoms with E-state index < -0.39 is 26.6 Å². The first-order chi connectivity index (χ1) is 15.6. The van der Waals surface area contributed by atoms with Crippen LogP contribution in [0.1, 0.15) is 12.0 Å². The lowest BCUT2D eigenvalue weighted by molar-refractivity contribution is -1.10. The Balaban J connectivity index is 1.79. The van der Waals surface area contributed by atoms with Crippen LogP contribution in [0.2, 0.25) is 0 Å². The number of halogens is 3. The molecular weight excluding hydrogens is 461 g/mol. The van der Waals surface area contributed by atoms with E-state index in [4.69, 9.17) is 9.25 Å². The van der Waals surface area contributed by atoms with E-state index in [-0.39, 0.29) is 29.4 Å². The van der Waals surface area contributed by atoms with Gasteiger partial charge in [-0.15, -0.1) is 4.65 Å². The molecule has 2 heterocycles. The van der Waals surface area contributed by atoms with Gasteiger partial charge in [0, 0.05) is 24.9 Å². The maximum absolute atomic E-state index is 13.2. The van der Waals surface area contributed by atoms with Gasteiger partial charge in [-0.05, 0) is 30.3 Å². The SMILES string of the molecule is O=C(O[N+]1(Cc2cc(S(=O)(=O)c3ccccc3)cc3ccoc23)CCCNCC1)C(F)(F)F. The van der Waals surface area contributed by atoms with Crippen LogP contribution >= 0.6 is 0 Å². The predicted octanol–water partition coefficient (Wildman–Crippen LogP) is 3.60. The molecule has 7 nitrogen and oxygen atoms in total. The van der Waals surface area contributed by atoms with Crippen LogP contribution in [0, 0.1) is 0 Å². The number of fused-ring (bicyclic) bond motifs is 1. The maximum atomic E-state index is 13.2. The van der Waals surface area contributed by atoms with Gasteiger partial charge in [0.2, 0.25) is 9.84 Å². The fourth-order valence-corrected chi connectivity index (χ4v) is 5.33. The highest BCUT2D eigenvalue weighted by Gasteiger charge is 2.48. The Morgan fingerprint density at radius 3 is 2.55 bits per heavy atom. The molecule has 0 aliphatic carbocycles. The normalized spacial score (nSPS) is 19.8. The largest absolute Gasteiger partial charge is 0.497 e. The van der Waals surface area contributed by atoms with Gasteiger partial charge in [-0.1, -0.05) is 18.2 Å². The molecule has 1 saturated heterocycles. The zero-order valence-corrected chi connectivity index (χ0v) is 18.3. The number of benzene rings is 2. The van der Waals surface area contributed by atoms with Crippen molar-refractivity contribution in [2.45, 2.75) is 28.9 Å². The molecule has 1 aliphatic rings. The fraction of sp³-hybridized carbons (Fsp3) is 0.318. The minimum Gasteiger partial charge on any atom is -0.464 e. The first-order valence-electron chi connectivity index (χ1n) is 10.3. The van der Waals surface area contributed by atoms with Crippen LogP contribution in [0.25, 0.3) is 11.0 Å². The fourth-order valence-electron chi connectivity index (χ4n) is 3.97. The third-order valence-electron chi connectivity index (χ3n) is 5.55. The number of nitrogens with one attached hydrogen (secondary N) is 1. The number of hydroxylamine groups is 3. The van der Waals surface area contributed by atoms with E-state index in [0.29, 0.717) is 36.0 Å². The summed E-state index contributed by atoms with van der Waals surface area (Å²) in [6.07, 6.45) is -3.30. The van der Waals surface area contributed by atoms with Gasteiger partial charge in [-0.2, -0.15) is 13.2 Å². The average molecular weight is 483 g/mol. The molecule has 2 aromatic carbocycles. The minimum atomic E-state index is -5.15. The molecule has 1 aromatic heterocycles. The number of carbonyl (C=O) groups is 1. The van der Waals surface area contributed by atoms with E-state index in [1.165, 1.54) is 30.5 Å². The van der Waals surface area contributed by atoms with Crippen LogP contribution in [0.3, 0.4) is 0 Å². The number of alkyl halides is 3. The molecule has 0 saturated carbocycles. The topological polar surface area (TPSA) is 85.6 Å². The first kappa shape index (κ1) is 23.3. The zero-order valence-electron chi connectivity index (χ0n) is 17.5. The Kier molecular flexibility index (Phi) is 6.21. The highest BCUT2D eigenvalue weighted by molar-refractivity contribution is 7.91. The summed E-state index contributed by atoms with van der Waals surface area (Å²) < 4.78 is 70.4. The van der Waals surface area contributed by atoms with Crippen molar-refractivity contribution in [3.8, 4) is 0 Å². The number of nitrogens with zero attached hydrogens (tertiary/aromatic N) is 1. The van der Waals surface area contributed by atoms with E-state index in [9.17, 15) is 26.4 Å². The molecule has 176 valence electrons. The summed E-state index contributed by atoms with van der Waals surface area (Å²) in [7, 11) is -3.89. The van der Waals surface area contributed by atoms with E-state index in [1.54, 1.807) is 24.3 Å². The van der Waals surface area contributed by atoms with Crippen LogP contribution in [-0.2, 0) is 26.0 Å². The van der Waals surface area contributed by atoms with Crippen LogP contribution in [0.15, 0.2) is 69.0 Å². The summed E-state index contributed by atoms with van der Waals surface area (Å²) in [5.74, 6) is -2.28. The molecule has 33 heavy (non-hydrogen) atoms. The van der Waals surface area contributed by atoms with E-state index in [2.05, 4.69) is 5.32 Å². The van der Waals surface area contributed by atoms with Crippen LogP contribution in [0.5, 0.6) is 0 Å². The molecule has 1 fully saturated rings. The third kappa shape index (κ3) is 4.90. The second-order valence-corrected chi connectivity index (χ2v) is 9.83. The monoisotopic (exact) mass is 483 g/mol. The second-order valence-electron chi connectivity index (χ2n) is 7.88. The molecule has 0 bridgehead atoms. The predicted molar refractivity (Wildman–Crippen MR) is 111 cm³/mol. The van der Waals surface area contributed by atoms with Crippen molar-refractivity contribution in [3.05, 3.63) is 60.4 Å². The van der Waals surface area contributed by atoms with Crippen molar-refractivity contribution in [2.24, 2.45) is 0 Å². The number of sulfone groups is 1. The van der Waals surface area contributed by atoms with Crippen LogP contribution < -0.4 is 5.32 Å². The average Bonchev–Trinajstić information content (AvgIpc) is 3.14. The van der Waals surface area contributed by atoms with Gasteiger partial charge >= 0.3 is 12.1 Å². The quantitative estimate of drug-likeness (QED) is 0.559. The Bertz CT molecular complexity index is 1250. The molecule has 0 amide bonds. The van der Waals surface area contributed by atoms with Crippen molar-refractivity contribution in [1.82, 2.24) is 5.32 Å². The van der Waals surface area contributed by atoms with Gasteiger partial charge in [-0.3, -0.25) is 4.84 Å². The molecule has 1 atom stereocenters. The minimum absolute atomic E-state index is 0.0224. The van der Waals surface area contributed by atoms with E-state index in [0.717, 1.165) is 0 Å². The lowest BCUT2D eigenvalue weighted by Gasteiger charge is -2.33. The molecule has 1 N–H and O–H groups in total. The lowest BCUT2D eigenvalue weighted by atomic mass is 10.1. The third-order valence-corrected chi connectivity index (χ3v) is 7.30. The molecule has 1 aliphatic heterocycles. The second kappa shape index (κ2) is 8.81. The summed E-state index contributed by atoms with van der Waals surface area (Å²) in [5.41, 5.74) is 0.670. The van der Waals surface area contributed by atoms with Crippen molar-refractivity contribution >= 4 is 26.8 Å². The summed E-state index contributed by atoms with van der Waals surface area (Å²) in [4.78, 5) is 16.8. The van der Waals surface area contributed by atoms with Gasteiger partial charge in [0.05, 0.1) is 21.6 Å². The Hall–Kier alpha value is -2.89. The van der Waals surface area contributed by atoms with Crippen LogP contribution in [-0.4, -0.2) is 51.4 Å². The number of rotatable bonds is 5. The summed E-state index contributed by atoms with van der Waals surface area (Å²) in [6, 6.07) is 12.3. The number of quaternary nitrogens is 1. The molecule has 4 rings (SSSR count). The Morgan fingerprint density at radius 1 is 1.06 bits per heavy atom. The lowest BCUT2D eigenvalue weighted by Crippen LogP contribution is -2.52. The van der Waals surface area contributed by atoms with Gasteiger partial charge in [0.25, 0.3) is 0 Å². The van der Waals surface area contributed by atoms with Crippen LogP contribution in [0.4, 0.5) is 13.2 Å². The molecule has 11 heteroatoms. The van der Waals surface area contributed by atoms with Gasteiger partial charge in [0.1, 0.15) is 25.2 Å². The molecule has 0 spiro atoms. The summed E-state index contributed by atoms with van der Waals surface area (Å²) in [6.45, 7) is 0.925. The van der Waals surface area contributed by atoms with E-state index >= 15 is 0 Å².